The molecule has 1 rings (SSSR count). The van der Waals surface area contributed by atoms with Gasteiger partial charge in [0.05, 0.1) is 18.8 Å². The van der Waals surface area contributed by atoms with Crippen molar-refractivity contribution in [1.82, 2.24) is 15.0 Å². The highest BCUT2D eigenvalue weighted by molar-refractivity contribution is 6.28. The molecule has 0 spiro atoms. The first-order valence-electron chi connectivity index (χ1n) is 6.36. The summed E-state index contributed by atoms with van der Waals surface area (Å²) in [7, 11) is 0. The molecule has 1 unspecified atom stereocenters. The van der Waals surface area contributed by atoms with E-state index < -0.39 is 0 Å². The van der Waals surface area contributed by atoms with Gasteiger partial charge in [0.15, 0.2) is 0 Å². The summed E-state index contributed by atoms with van der Waals surface area (Å²) in [6.07, 6.45) is 0.760. The molecule has 108 valence electrons. The molecule has 1 aromatic heterocycles. The van der Waals surface area contributed by atoms with Crippen LogP contribution in [0.15, 0.2) is 0 Å². The summed E-state index contributed by atoms with van der Waals surface area (Å²) >= 11 is 5.82. The summed E-state index contributed by atoms with van der Waals surface area (Å²) < 4.78 is 5.38. The van der Waals surface area contributed by atoms with Gasteiger partial charge in [0.1, 0.15) is 0 Å². The fraction of sp³-hybridized carbons (Fsp3) is 0.750. The monoisotopic (exact) mass is 288 g/mol. The SMILES string of the molecule is CC(C)CC(CO)Nc1nc(Cl)nc(OC(C)C)n1. The number of ether oxygens (including phenoxy) is 1. The van der Waals surface area contributed by atoms with E-state index in [2.05, 4.69) is 34.1 Å². The van der Waals surface area contributed by atoms with Crippen molar-refractivity contribution >= 4 is 17.5 Å². The summed E-state index contributed by atoms with van der Waals surface area (Å²) in [5.74, 6) is 0.767. The fourth-order valence-electron chi connectivity index (χ4n) is 1.59. The highest BCUT2D eigenvalue weighted by Gasteiger charge is 2.13. The van der Waals surface area contributed by atoms with E-state index in [-0.39, 0.29) is 30.0 Å². The Morgan fingerprint density at radius 3 is 2.42 bits per heavy atom. The van der Waals surface area contributed by atoms with Gasteiger partial charge in [0.25, 0.3) is 0 Å². The molecule has 1 atom stereocenters. The van der Waals surface area contributed by atoms with Crippen LogP contribution in [0, 0.1) is 5.92 Å². The molecule has 0 aliphatic rings. The molecule has 0 saturated heterocycles. The molecule has 0 radical (unpaired) electrons. The Labute approximate surface area is 118 Å². The Morgan fingerprint density at radius 1 is 1.21 bits per heavy atom. The minimum absolute atomic E-state index is 0.00184. The Balaban J connectivity index is 2.78. The van der Waals surface area contributed by atoms with E-state index in [4.69, 9.17) is 16.3 Å². The first-order chi connectivity index (χ1) is 8.90. The zero-order valence-electron chi connectivity index (χ0n) is 11.7. The molecule has 7 heteroatoms. The molecule has 6 nitrogen and oxygen atoms in total. The summed E-state index contributed by atoms with van der Waals surface area (Å²) in [4.78, 5) is 12.0. The minimum atomic E-state index is -0.120. The van der Waals surface area contributed by atoms with Gasteiger partial charge in [-0.05, 0) is 37.8 Å². The van der Waals surface area contributed by atoms with Crippen LogP contribution in [0.1, 0.15) is 34.1 Å². The lowest BCUT2D eigenvalue weighted by atomic mass is 10.0. The number of aliphatic hydroxyl groups excluding tert-OH is 1. The van der Waals surface area contributed by atoms with E-state index >= 15 is 0 Å². The number of anilines is 1. The molecule has 0 amide bonds. The summed E-state index contributed by atoms with van der Waals surface area (Å²) in [5, 5.41) is 12.4. The summed E-state index contributed by atoms with van der Waals surface area (Å²) in [5.41, 5.74) is 0. The quantitative estimate of drug-likeness (QED) is 0.800. The van der Waals surface area contributed by atoms with Crippen LogP contribution in [0.4, 0.5) is 5.95 Å². The van der Waals surface area contributed by atoms with Crippen molar-refractivity contribution < 1.29 is 9.84 Å². The van der Waals surface area contributed by atoms with E-state index in [9.17, 15) is 5.11 Å². The maximum Gasteiger partial charge on any atom is 0.322 e. The zero-order valence-corrected chi connectivity index (χ0v) is 12.5. The normalized spacial score (nSPS) is 12.8. The number of halogens is 1. The number of hydrogen-bond donors (Lipinski definition) is 2. The Kier molecular flexibility index (Phi) is 6.24. The van der Waals surface area contributed by atoms with Crippen LogP contribution in [0.25, 0.3) is 0 Å². The van der Waals surface area contributed by atoms with E-state index in [1.807, 2.05) is 13.8 Å². The van der Waals surface area contributed by atoms with Gasteiger partial charge in [-0.25, -0.2) is 0 Å². The van der Waals surface area contributed by atoms with Gasteiger partial charge in [0, 0.05) is 0 Å². The van der Waals surface area contributed by atoms with Gasteiger partial charge in [0.2, 0.25) is 11.2 Å². The lowest BCUT2D eigenvalue weighted by molar-refractivity contribution is 0.221. The van der Waals surface area contributed by atoms with Gasteiger partial charge < -0.3 is 15.2 Å². The smallest absolute Gasteiger partial charge is 0.322 e. The molecule has 19 heavy (non-hydrogen) atoms. The lowest BCUT2D eigenvalue weighted by Crippen LogP contribution is -2.27. The van der Waals surface area contributed by atoms with Gasteiger partial charge in [-0.1, -0.05) is 13.8 Å². The molecule has 0 bridgehead atoms. The van der Waals surface area contributed by atoms with Gasteiger partial charge in [-0.2, -0.15) is 15.0 Å². The molecule has 1 heterocycles. The third-order valence-corrected chi connectivity index (χ3v) is 2.41. The number of nitrogens with zero attached hydrogens (tertiary/aromatic N) is 3. The van der Waals surface area contributed by atoms with Crippen molar-refractivity contribution in [3.05, 3.63) is 5.28 Å². The lowest BCUT2D eigenvalue weighted by Gasteiger charge is -2.18. The first kappa shape index (κ1) is 15.9. The van der Waals surface area contributed by atoms with Crippen LogP contribution < -0.4 is 10.1 Å². The van der Waals surface area contributed by atoms with Crippen molar-refractivity contribution in [2.75, 3.05) is 11.9 Å². The van der Waals surface area contributed by atoms with E-state index in [1.54, 1.807) is 0 Å². The molecular formula is C12H21ClN4O2. The van der Waals surface area contributed by atoms with E-state index in [0.717, 1.165) is 6.42 Å². The highest BCUT2D eigenvalue weighted by atomic mass is 35.5. The summed E-state index contributed by atoms with van der Waals surface area (Å²) in [6, 6.07) is 0.0594. The predicted octanol–water partition coefficient (Wildman–Crippen LogP) is 2.13. The third-order valence-electron chi connectivity index (χ3n) is 2.24. The molecular weight excluding hydrogens is 268 g/mol. The molecule has 0 aliphatic carbocycles. The van der Waals surface area contributed by atoms with Crippen LogP contribution in [-0.2, 0) is 0 Å². The predicted molar refractivity (Wildman–Crippen MR) is 74.6 cm³/mol. The van der Waals surface area contributed by atoms with Crippen LogP contribution in [0.3, 0.4) is 0 Å². The van der Waals surface area contributed by atoms with Crippen LogP contribution >= 0.6 is 11.6 Å². The zero-order chi connectivity index (χ0) is 14.4. The number of rotatable bonds is 7. The minimum Gasteiger partial charge on any atom is -0.461 e. The Morgan fingerprint density at radius 2 is 1.89 bits per heavy atom. The number of hydrogen-bond acceptors (Lipinski definition) is 6. The molecule has 0 aliphatic heterocycles. The van der Waals surface area contributed by atoms with Crippen LogP contribution in [-0.4, -0.2) is 38.8 Å². The van der Waals surface area contributed by atoms with Crippen molar-refractivity contribution in [2.45, 2.75) is 46.3 Å². The molecule has 0 fully saturated rings. The Hall–Kier alpha value is -1.14. The van der Waals surface area contributed by atoms with Crippen molar-refractivity contribution in [3.63, 3.8) is 0 Å². The van der Waals surface area contributed by atoms with Gasteiger partial charge in [-0.3, -0.25) is 0 Å². The van der Waals surface area contributed by atoms with Gasteiger partial charge >= 0.3 is 6.01 Å². The standard InChI is InChI=1S/C12H21ClN4O2/c1-7(2)5-9(6-18)14-11-15-10(13)16-12(17-11)19-8(3)4/h7-9,18H,5-6H2,1-4H3,(H,14,15,16,17). The second-order valence-electron chi connectivity index (χ2n) is 5.03. The molecule has 2 N–H and O–H groups in total. The van der Waals surface area contributed by atoms with Crippen LogP contribution in [0.5, 0.6) is 6.01 Å². The number of nitrogens with one attached hydrogen (secondary N) is 1. The van der Waals surface area contributed by atoms with Gasteiger partial charge in [-0.15, -0.1) is 0 Å². The average Bonchev–Trinajstić information content (AvgIpc) is 2.25. The second kappa shape index (κ2) is 7.45. The van der Waals surface area contributed by atoms with Crippen molar-refractivity contribution in [1.29, 1.82) is 0 Å². The fourth-order valence-corrected chi connectivity index (χ4v) is 1.74. The van der Waals surface area contributed by atoms with E-state index in [1.165, 1.54) is 0 Å². The van der Waals surface area contributed by atoms with Crippen LogP contribution in [0.2, 0.25) is 5.28 Å². The largest absolute Gasteiger partial charge is 0.461 e. The third kappa shape index (κ3) is 6.02. The molecule has 0 saturated carbocycles. The molecule has 0 aromatic carbocycles. The average molecular weight is 289 g/mol. The second-order valence-corrected chi connectivity index (χ2v) is 5.37. The summed E-state index contributed by atoms with van der Waals surface area (Å²) in [6.45, 7) is 7.91. The first-order valence-corrected chi connectivity index (χ1v) is 6.74. The topological polar surface area (TPSA) is 80.2 Å². The molecule has 1 aromatic rings. The number of aromatic nitrogens is 3. The maximum atomic E-state index is 9.32. The Bertz CT molecular complexity index is 401. The van der Waals surface area contributed by atoms with Crippen molar-refractivity contribution in [3.8, 4) is 6.01 Å². The maximum absolute atomic E-state index is 9.32. The number of aliphatic hydroxyl groups is 1. The van der Waals surface area contributed by atoms with Crippen molar-refractivity contribution in [2.24, 2.45) is 5.92 Å². The van der Waals surface area contributed by atoms with E-state index in [0.29, 0.717) is 11.9 Å². The highest BCUT2D eigenvalue weighted by Crippen LogP contribution is 2.15.